The van der Waals surface area contributed by atoms with Gasteiger partial charge in [-0.2, -0.15) is 0 Å². The normalized spacial score (nSPS) is 10.8. The van der Waals surface area contributed by atoms with Crippen molar-refractivity contribution in [1.82, 2.24) is 0 Å². The van der Waals surface area contributed by atoms with Crippen LogP contribution in [0.3, 0.4) is 0 Å². The van der Waals surface area contributed by atoms with E-state index in [2.05, 4.69) is 26.1 Å². The van der Waals surface area contributed by atoms with Crippen LogP contribution in [-0.2, 0) is 11.3 Å². The minimum atomic E-state index is -0.374. The molecule has 0 bridgehead atoms. The summed E-state index contributed by atoms with van der Waals surface area (Å²) in [5, 5.41) is 14.1. The molecule has 5 heteroatoms. The van der Waals surface area contributed by atoms with Crippen LogP contribution in [0.1, 0.15) is 39.2 Å². The lowest BCUT2D eigenvalue weighted by atomic mass is 10.1. The van der Waals surface area contributed by atoms with E-state index >= 15 is 0 Å². The Morgan fingerprint density at radius 1 is 1.40 bits per heavy atom. The monoisotopic (exact) mass is 280 g/mol. The Hall–Kier alpha value is -1.62. The SMILES string of the molecule is CCCNc1ccc([N+](=O)[O-])cc1COCCC(C)C. The number of nitro groups is 1. The molecule has 0 fully saturated rings. The van der Waals surface area contributed by atoms with Crippen LogP contribution in [0, 0.1) is 16.0 Å². The van der Waals surface area contributed by atoms with Crippen molar-refractivity contribution in [3.8, 4) is 0 Å². The first-order valence-corrected chi connectivity index (χ1v) is 7.13. The van der Waals surface area contributed by atoms with Gasteiger partial charge in [0.25, 0.3) is 5.69 Å². The molecule has 5 nitrogen and oxygen atoms in total. The number of hydrogen-bond donors (Lipinski definition) is 1. The zero-order chi connectivity index (χ0) is 15.0. The molecule has 0 aliphatic carbocycles. The molecule has 1 N–H and O–H groups in total. The van der Waals surface area contributed by atoms with Crippen molar-refractivity contribution in [2.45, 2.75) is 40.2 Å². The number of rotatable bonds is 9. The number of benzene rings is 1. The van der Waals surface area contributed by atoms with Gasteiger partial charge in [0.1, 0.15) is 0 Å². The molecule has 0 unspecified atom stereocenters. The molecule has 0 saturated carbocycles. The van der Waals surface area contributed by atoms with Crippen LogP contribution < -0.4 is 5.32 Å². The van der Waals surface area contributed by atoms with Crippen molar-refractivity contribution in [1.29, 1.82) is 0 Å². The van der Waals surface area contributed by atoms with Crippen LogP contribution >= 0.6 is 0 Å². The molecule has 0 saturated heterocycles. The van der Waals surface area contributed by atoms with Gasteiger partial charge < -0.3 is 10.1 Å². The summed E-state index contributed by atoms with van der Waals surface area (Å²) in [7, 11) is 0. The molecule has 1 aromatic carbocycles. The van der Waals surface area contributed by atoms with E-state index in [1.807, 2.05) is 0 Å². The van der Waals surface area contributed by atoms with E-state index in [-0.39, 0.29) is 10.6 Å². The third-order valence-corrected chi connectivity index (χ3v) is 2.96. The largest absolute Gasteiger partial charge is 0.385 e. The number of nitro benzene ring substituents is 1. The van der Waals surface area contributed by atoms with E-state index in [4.69, 9.17) is 4.74 Å². The van der Waals surface area contributed by atoms with Crippen molar-refractivity contribution in [2.24, 2.45) is 5.92 Å². The van der Waals surface area contributed by atoms with Crippen molar-refractivity contribution >= 4 is 11.4 Å². The first-order valence-electron chi connectivity index (χ1n) is 7.13. The second kappa shape index (κ2) is 8.53. The second-order valence-electron chi connectivity index (χ2n) is 5.26. The molecule has 0 radical (unpaired) electrons. The number of non-ortho nitro benzene ring substituents is 1. The summed E-state index contributed by atoms with van der Waals surface area (Å²) in [6.45, 7) is 8.29. The Labute approximate surface area is 120 Å². The van der Waals surface area contributed by atoms with Crippen molar-refractivity contribution in [3.05, 3.63) is 33.9 Å². The zero-order valence-electron chi connectivity index (χ0n) is 12.5. The number of anilines is 1. The van der Waals surface area contributed by atoms with Crippen molar-refractivity contribution in [3.63, 3.8) is 0 Å². The molecule has 112 valence electrons. The van der Waals surface area contributed by atoms with E-state index in [9.17, 15) is 10.1 Å². The smallest absolute Gasteiger partial charge is 0.269 e. The van der Waals surface area contributed by atoms with E-state index in [1.165, 1.54) is 6.07 Å². The topological polar surface area (TPSA) is 64.4 Å². The van der Waals surface area contributed by atoms with E-state index < -0.39 is 0 Å². The maximum absolute atomic E-state index is 10.8. The molecule has 0 aromatic heterocycles. The molecule has 0 atom stereocenters. The van der Waals surface area contributed by atoms with Gasteiger partial charge in [0, 0.05) is 36.5 Å². The van der Waals surface area contributed by atoms with Crippen molar-refractivity contribution in [2.75, 3.05) is 18.5 Å². The van der Waals surface area contributed by atoms with Gasteiger partial charge in [-0.25, -0.2) is 0 Å². The highest BCUT2D eigenvalue weighted by Crippen LogP contribution is 2.23. The van der Waals surface area contributed by atoms with Gasteiger partial charge in [-0.05, 0) is 24.8 Å². The van der Waals surface area contributed by atoms with Crippen LogP contribution in [-0.4, -0.2) is 18.1 Å². The molecule has 0 aliphatic heterocycles. The fourth-order valence-electron chi connectivity index (χ4n) is 1.75. The molecular weight excluding hydrogens is 256 g/mol. The minimum Gasteiger partial charge on any atom is -0.385 e. The van der Waals surface area contributed by atoms with Crippen LogP contribution in [0.25, 0.3) is 0 Å². The molecule has 0 aliphatic rings. The standard InChI is InChI=1S/C15H24N2O3/c1-4-8-16-15-6-5-14(17(18)19)10-13(15)11-20-9-7-12(2)3/h5-6,10,12,16H,4,7-9,11H2,1-3H3. The molecule has 1 aromatic rings. The Kier molecular flexibility index (Phi) is 7.01. The first kappa shape index (κ1) is 16.4. The van der Waals surface area contributed by atoms with Gasteiger partial charge in [-0.15, -0.1) is 0 Å². The predicted octanol–water partition coefficient (Wildman–Crippen LogP) is 3.98. The Balaban J connectivity index is 2.71. The lowest BCUT2D eigenvalue weighted by Crippen LogP contribution is -2.06. The zero-order valence-corrected chi connectivity index (χ0v) is 12.5. The van der Waals surface area contributed by atoms with Gasteiger partial charge in [0.2, 0.25) is 0 Å². The highest BCUT2D eigenvalue weighted by atomic mass is 16.6. The summed E-state index contributed by atoms with van der Waals surface area (Å²) < 4.78 is 5.62. The van der Waals surface area contributed by atoms with Crippen molar-refractivity contribution < 1.29 is 9.66 Å². The van der Waals surface area contributed by atoms with Crippen LogP contribution in [0.4, 0.5) is 11.4 Å². The maximum Gasteiger partial charge on any atom is 0.269 e. The minimum absolute atomic E-state index is 0.106. The molecule has 1 rings (SSSR count). The number of ether oxygens (including phenoxy) is 1. The fourth-order valence-corrected chi connectivity index (χ4v) is 1.75. The number of hydrogen-bond acceptors (Lipinski definition) is 4. The van der Waals surface area contributed by atoms with E-state index in [0.29, 0.717) is 19.1 Å². The Morgan fingerprint density at radius 3 is 2.75 bits per heavy atom. The average Bonchev–Trinajstić information content (AvgIpc) is 2.41. The molecule has 0 amide bonds. The maximum atomic E-state index is 10.8. The van der Waals surface area contributed by atoms with Crippen LogP contribution in [0.2, 0.25) is 0 Å². The number of nitrogens with one attached hydrogen (secondary N) is 1. The fraction of sp³-hybridized carbons (Fsp3) is 0.600. The summed E-state index contributed by atoms with van der Waals surface area (Å²) in [6, 6.07) is 4.87. The van der Waals surface area contributed by atoms with Gasteiger partial charge in [0.15, 0.2) is 0 Å². The lowest BCUT2D eigenvalue weighted by Gasteiger charge is -2.12. The summed E-state index contributed by atoms with van der Waals surface area (Å²) >= 11 is 0. The molecule has 0 spiro atoms. The average molecular weight is 280 g/mol. The van der Waals surface area contributed by atoms with Crippen LogP contribution in [0.15, 0.2) is 18.2 Å². The van der Waals surface area contributed by atoms with E-state index in [0.717, 1.165) is 30.6 Å². The van der Waals surface area contributed by atoms with Gasteiger partial charge in [0.05, 0.1) is 11.5 Å². The lowest BCUT2D eigenvalue weighted by molar-refractivity contribution is -0.384. The molecule has 20 heavy (non-hydrogen) atoms. The highest BCUT2D eigenvalue weighted by Gasteiger charge is 2.10. The van der Waals surface area contributed by atoms with E-state index in [1.54, 1.807) is 12.1 Å². The van der Waals surface area contributed by atoms with Gasteiger partial charge in [-0.3, -0.25) is 10.1 Å². The third kappa shape index (κ3) is 5.57. The summed E-state index contributed by atoms with van der Waals surface area (Å²) in [5.74, 6) is 0.595. The highest BCUT2D eigenvalue weighted by molar-refractivity contribution is 5.55. The quantitative estimate of drug-likeness (QED) is 0.422. The molecular formula is C15H24N2O3. The first-order chi connectivity index (χ1) is 9.54. The number of nitrogens with zero attached hydrogens (tertiary/aromatic N) is 1. The van der Waals surface area contributed by atoms with Gasteiger partial charge >= 0.3 is 0 Å². The summed E-state index contributed by atoms with van der Waals surface area (Å²) in [4.78, 5) is 10.5. The predicted molar refractivity (Wildman–Crippen MR) is 81.0 cm³/mol. The molecule has 0 heterocycles. The third-order valence-electron chi connectivity index (χ3n) is 2.96. The second-order valence-corrected chi connectivity index (χ2v) is 5.26. The van der Waals surface area contributed by atoms with Gasteiger partial charge in [-0.1, -0.05) is 20.8 Å². The summed E-state index contributed by atoms with van der Waals surface area (Å²) in [5.41, 5.74) is 1.87. The van der Waals surface area contributed by atoms with Crippen LogP contribution in [0.5, 0.6) is 0 Å². The summed E-state index contributed by atoms with van der Waals surface area (Å²) in [6.07, 6.45) is 2.00. The Bertz CT molecular complexity index is 433. The Morgan fingerprint density at radius 2 is 2.15 bits per heavy atom.